The highest BCUT2D eigenvalue weighted by Gasteiger charge is 2.20. The minimum Gasteiger partial charge on any atom is -0.448 e. The number of rotatable bonds is 6. The van der Waals surface area contributed by atoms with Crippen molar-refractivity contribution >= 4 is 0 Å². The van der Waals surface area contributed by atoms with E-state index < -0.39 is 5.91 Å². The molecule has 0 saturated heterocycles. The quantitative estimate of drug-likeness (QED) is 0.299. The first-order chi connectivity index (χ1) is 7.14. The van der Waals surface area contributed by atoms with Crippen LogP contribution in [0.1, 0.15) is 6.92 Å². The van der Waals surface area contributed by atoms with E-state index in [-0.39, 0.29) is 6.61 Å². The number of hydrazine groups is 1. The number of para-hydroxylation sites is 1. The van der Waals surface area contributed by atoms with Gasteiger partial charge in [0.15, 0.2) is 0 Å². The van der Waals surface area contributed by atoms with Crippen molar-refractivity contribution in [3.8, 4) is 5.75 Å². The normalized spacial score (nSPS) is 14.6. The van der Waals surface area contributed by atoms with Gasteiger partial charge in [0.2, 0.25) is 0 Å². The summed E-state index contributed by atoms with van der Waals surface area (Å²) in [6.45, 7) is 1.77. The van der Waals surface area contributed by atoms with Gasteiger partial charge in [0.05, 0.1) is 6.61 Å². The Morgan fingerprint density at radius 3 is 2.60 bits per heavy atom. The van der Waals surface area contributed by atoms with Gasteiger partial charge in [-0.2, -0.15) is 5.43 Å². The SMILES string of the molecule is CC(O)(NNCCO)Oc1ccccc1. The predicted molar refractivity (Wildman–Crippen MR) is 55.9 cm³/mol. The van der Waals surface area contributed by atoms with Crippen molar-refractivity contribution in [2.75, 3.05) is 13.2 Å². The molecule has 1 rings (SSSR count). The van der Waals surface area contributed by atoms with Crippen LogP contribution in [-0.2, 0) is 0 Å². The number of aliphatic hydroxyl groups excluding tert-OH is 1. The summed E-state index contributed by atoms with van der Waals surface area (Å²) < 4.78 is 5.25. The first-order valence-electron chi connectivity index (χ1n) is 4.71. The summed E-state index contributed by atoms with van der Waals surface area (Å²) in [5.41, 5.74) is 5.15. The molecule has 15 heavy (non-hydrogen) atoms. The Kier molecular flexibility index (Phi) is 4.51. The second-order valence-corrected chi connectivity index (χ2v) is 3.17. The zero-order valence-electron chi connectivity index (χ0n) is 8.60. The van der Waals surface area contributed by atoms with E-state index in [1.165, 1.54) is 6.92 Å². The van der Waals surface area contributed by atoms with Crippen LogP contribution in [0.2, 0.25) is 0 Å². The standard InChI is InChI=1S/C10H16N2O3/c1-10(14,12-11-7-8-13)15-9-5-3-2-4-6-9/h2-6,11-14H,7-8H2,1H3. The third-order valence-electron chi connectivity index (χ3n) is 1.62. The van der Waals surface area contributed by atoms with Gasteiger partial charge < -0.3 is 14.9 Å². The monoisotopic (exact) mass is 212 g/mol. The Morgan fingerprint density at radius 1 is 1.33 bits per heavy atom. The highest BCUT2D eigenvalue weighted by molar-refractivity contribution is 5.21. The molecule has 0 heterocycles. The number of hydrogen-bond acceptors (Lipinski definition) is 5. The first-order valence-corrected chi connectivity index (χ1v) is 4.71. The topological polar surface area (TPSA) is 73.8 Å². The second-order valence-electron chi connectivity index (χ2n) is 3.17. The third-order valence-corrected chi connectivity index (χ3v) is 1.62. The fourth-order valence-electron chi connectivity index (χ4n) is 1.03. The molecule has 0 aromatic heterocycles. The second kappa shape index (κ2) is 5.67. The van der Waals surface area contributed by atoms with E-state index in [1.807, 2.05) is 18.2 Å². The highest BCUT2D eigenvalue weighted by Crippen LogP contribution is 2.13. The van der Waals surface area contributed by atoms with E-state index in [4.69, 9.17) is 9.84 Å². The molecule has 0 saturated carbocycles. The third kappa shape index (κ3) is 4.75. The number of nitrogens with one attached hydrogen (secondary N) is 2. The lowest BCUT2D eigenvalue weighted by atomic mass is 10.3. The van der Waals surface area contributed by atoms with Gasteiger partial charge in [-0.25, -0.2) is 0 Å². The first kappa shape index (κ1) is 11.9. The maximum Gasteiger partial charge on any atom is 0.277 e. The van der Waals surface area contributed by atoms with Gasteiger partial charge in [-0.05, 0) is 12.1 Å². The molecule has 84 valence electrons. The van der Waals surface area contributed by atoms with Crippen LogP contribution < -0.4 is 15.6 Å². The Morgan fingerprint density at radius 2 is 2.00 bits per heavy atom. The van der Waals surface area contributed by atoms with Gasteiger partial charge in [0.1, 0.15) is 5.75 Å². The molecule has 1 atom stereocenters. The fourth-order valence-corrected chi connectivity index (χ4v) is 1.03. The van der Waals surface area contributed by atoms with Gasteiger partial charge in [-0.3, -0.25) is 5.43 Å². The van der Waals surface area contributed by atoms with Gasteiger partial charge in [-0.15, -0.1) is 0 Å². The maximum atomic E-state index is 9.72. The van der Waals surface area contributed by atoms with Crippen molar-refractivity contribution < 1.29 is 14.9 Å². The van der Waals surface area contributed by atoms with Crippen LogP contribution >= 0.6 is 0 Å². The van der Waals surface area contributed by atoms with Gasteiger partial charge >= 0.3 is 0 Å². The zero-order chi connectivity index (χ0) is 11.1. The van der Waals surface area contributed by atoms with Crippen LogP contribution in [0.15, 0.2) is 30.3 Å². The molecule has 0 bridgehead atoms. The molecule has 1 aromatic rings. The van der Waals surface area contributed by atoms with Crippen molar-refractivity contribution in [3.05, 3.63) is 30.3 Å². The van der Waals surface area contributed by atoms with Crippen molar-refractivity contribution in [1.82, 2.24) is 10.9 Å². The molecule has 0 aliphatic heterocycles. The average Bonchev–Trinajstić information content (AvgIpc) is 2.18. The lowest BCUT2D eigenvalue weighted by Crippen LogP contribution is -2.54. The summed E-state index contributed by atoms with van der Waals surface area (Å²) in [5, 5.41) is 18.2. The zero-order valence-corrected chi connectivity index (χ0v) is 8.60. The smallest absolute Gasteiger partial charge is 0.277 e. The van der Waals surface area contributed by atoms with Crippen LogP contribution in [0.25, 0.3) is 0 Å². The molecular formula is C10H16N2O3. The van der Waals surface area contributed by atoms with Crippen LogP contribution in [0.5, 0.6) is 5.75 Å². The van der Waals surface area contributed by atoms with Crippen molar-refractivity contribution in [1.29, 1.82) is 0 Å². The summed E-state index contributed by atoms with van der Waals surface area (Å²) in [7, 11) is 0. The summed E-state index contributed by atoms with van der Waals surface area (Å²) in [5.74, 6) is -0.961. The molecule has 1 aromatic carbocycles. The Bertz CT molecular complexity index is 277. The number of ether oxygens (including phenoxy) is 1. The Labute approximate surface area is 88.7 Å². The van der Waals surface area contributed by atoms with E-state index in [9.17, 15) is 5.11 Å². The van der Waals surface area contributed by atoms with E-state index in [1.54, 1.807) is 12.1 Å². The molecule has 0 amide bonds. The van der Waals surface area contributed by atoms with Crippen LogP contribution in [-0.4, -0.2) is 29.3 Å². The largest absolute Gasteiger partial charge is 0.448 e. The lowest BCUT2D eigenvalue weighted by molar-refractivity contribution is -0.156. The average molecular weight is 212 g/mol. The molecular weight excluding hydrogens is 196 g/mol. The molecule has 5 nitrogen and oxygen atoms in total. The molecule has 0 aliphatic rings. The summed E-state index contributed by atoms with van der Waals surface area (Å²) in [6, 6.07) is 8.96. The Hall–Kier alpha value is -1.14. The molecule has 4 N–H and O–H groups in total. The van der Waals surface area contributed by atoms with E-state index in [0.717, 1.165) is 0 Å². The van der Waals surface area contributed by atoms with Crippen molar-refractivity contribution in [2.24, 2.45) is 0 Å². The molecule has 0 spiro atoms. The lowest BCUT2D eigenvalue weighted by Gasteiger charge is -2.25. The highest BCUT2D eigenvalue weighted by atomic mass is 16.6. The molecule has 5 heteroatoms. The van der Waals surface area contributed by atoms with E-state index >= 15 is 0 Å². The van der Waals surface area contributed by atoms with E-state index in [0.29, 0.717) is 12.3 Å². The van der Waals surface area contributed by atoms with Crippen molar-refractivity contribution in [2.45, 2.75) is 12.8 Å². The predicted octanol–water partition coefficient (Wildman–Crippen LogP) is -0.182. The summed E-state index contributed by atoms with van der Waals surface area (Å²) in [4.78, 5) is 0. The number of aliphatic hydroxyl groups is 2. The van der Waals surface area contributed by atoms with Crippen molar-refractivity contribution in [3.63, 3.8) is 0 Å². The molecule has 0 aliphatic carbocycles. The minimum atomic E-state index is -1.52. The van der Waals surface area contributed by atoms with Crippen LogP contribution in [0, 0.1) is 0 Å². The van der Waals surface area contributed by atoms with Gasteiger partial charge in [-0.1, -0.05) is 18.2 Å². The van der Waals surface area contributed by atoms with Crippen LogP contribution in [0.4, 0.5) is 0 Å². The molecule has 1 unspecified atom stereocenters. The molecule has 0 radical (unpaired) electrons. The summed E-state index contributed by atoms with van der Waals surface area (Å²) in [6.07, 6.45) is 0. The maximum absolute atomic E-state index is 9.72. The number of benzene rings is 1. The Balaban J connectivity index is 2.42. The fraction of sp³-hybridized carbons (Fsp3) is 0.400. The van der Waals surface area contributed by atoms with Gasteiger partial charge in [0, 0.05) is 13.5 Å². The van der Waals surface area contributed by atoms with E-state index in [2.05, 4.69) is 10.9 Å². The molecule has 0 fully saturated rings. The minimum absolute atomic E-state index is 0.0194. The summed E-state index contributed by atoms with van der Waals surface area (Å²) >= 11 is 0. The van der Waals surface area contributed by atoms with Crippen LogP contribution in [0.3, 0.4) is 0 Å². The van der Waals surface area contributed by atoms with Gasteiger partial charge in [0.25, 0.3) is 5.91 Å². The number of hydrogen-bond donors (Lipinski definition) is 4.